The van der Waals surface area contributed by atoms with E-state index in [0.717, 1.165) is 17.3 Å². The van der Waals surface area contributed by atoms with Gasteiger partial charge in [0.05, 0.1) is 58.9 Å². The second-order valence-electron chi connectivity index (χ2n) is 9.49. The Balaban J connectivity index is 1.57. The van der Waals surface area contributed by atoms with Crippen LogP contribution in [0.4, 0.5) is 11.4 Å². The molecule has 1 aliphatic heterocycles. The Morgan fingerprint density at radius 3 is 2.27 bits per heavy atom. The Labute approximate surface area is 259 Å². The molecule has 0 aromatic heterocycles. The molecule has 0 aliphatic carbocycles. The predicted molar refractivity (Wildman–Crippen MR) is 168 cm³/mol. The number of carbonyl (C=O) groups is 4. The maximum atomic E-state index is 13.7. The van der Waals surface area contributed by atoms with Crippen LogP contribution < -0.4 is 16.0 Å². The lowest BCUT2D eigenvalue weighted by Gasteiger charge is -2.30. The topological polar surface area (TPSA) is 147 Å². The largest absolute Gasteiger partial charge is 0.465 e. The van der Waals surface area contributed by atoms with Crippen molar-refractivity contribution in [3.05, 3.63) is 117 Å². The number of amides is 2. The van der Waals surface area contributed by atoms with Crippen LogP contribution in [0.1, 0.15) is 46.0 Å². The monoisotopic (exact) mass is 610 g/mol. The molecule has 1 aliphatic rings. The van der Waals surface area contributed by atoms with Crippen LogP contribution in [0.25, 0.3) is 0 Å². The van der Waals surface area contributed by atoms with Crippen LogP contribution in [0.15, 0.2) is 101 Å². The van der Waals surface area contributed by atoms with Crippen molar-refractivity contribution in [3.63, 3.8) is 0 Å². The van der Waals surface area contributed by atoms with Crippen LogP contribution >= 0.6 is 11.8 Å². The Morgan fingerprint density at radius 1 is 0.932 bits per heavy atom. The fraction of sp³-hybridized carbons (Fsp3) is 0.182. The summed E-state index contributed by atoms with van der Waals surface area (Å²) in [5.74, 6) is -2.66. The average Bonchev–Trinajstić information content (AvgIpc) is 3.04. The molecule has 1 heterocycles. The summed E-state index contributed by atoms with van der Waals surface area (Å²) in [5.41, 5.74) is 3.19. The fourth-order valence-corrected chi connectivity index (χ4v) is 5.50. The molecular weight excluding hydrogens is 580 g/mol. The first-order valence-electron chi connectivity index (χ1n) is 13.6. The molecule has 0 unspecified atom stereocenters. The minimum absolute atomic E-state index is 0.0772. The Kier molecular flexibility index (Phi) is 10.6. The SMILES string of the molecule is CCOC(=O)c1ccc(NC(=O)C2=C(C)NC(SCC(=O)Nc3ccccc3C(=O)OC)=C(C#N)[C@@H]2c2ccccc2)cc1. The molecule has 3 aromatic rings. The van der Waals surface area contributed by atoms with Crippen LogP contribution in [0.5, 0.6) is 0 Å². The number of methoxy groups -OCH3 is 1. The number of benzene rings is 3. The highest BCUT2D eigenvalue weighted by Crippen LogP contribution is 2.41. The van der Waals surface area contributed by atoms with E-state index in [-0.39, 0.29) is 23.5 Å². The molecule has 0 saturated heterocycles. The van der Waals surface area contributed by atoms with Gasteiger partial charge in [-0.05, 0) is 55.8 Å². The number of hydrogen-bond donors (Lipinski definition) is 3. The van der Waals surface area contributed by atoms with Gasteiger partial charge in [-0.2, -0.15) is 5.26 Å². The van der Waals surface area contributed by atoms with Gasteiger partial charge in [0.15, 0.2) is 0 Å². The van der Waals surface area contributed by atoms with Crippen LogP contribution in [-0.4, -0.2) is 43.2 Å². The first-order chi connectivity index (χ1) is 21.3. The van der Waals surface area contributed by atoms with Crippen LogP contribution in [-0.2, 0) is 19.1 Å². The minimum Gasteiger partial charge on any atom is -0.465 e. The standard InChI is InChI=1S/C33H30N4O6S/c1-4-43-32(40)22-14-16-23(17-15-22)36-30(39)28-20(2)35-31(25(18-34)29(28)21-10-6-5-7-11-21)44-19-27(38)37-26-13-9-8-12-24(26)33(41)42-3/h5-17,29,35H,4,19H2,1-3H3,(H,36,39)(H,37,38)/t29-/m0/s1. The zero-order valence-corrected chi connectivity index (χ0v) is 25.1. The number of dihydropyridines is 1. The van der Waals surface area contributed by atoms with E-state index in [2.05, 4.69) is 22.0 Å². The van der Waals surface area contributed by atoms with Crippen molar-refractivity contribution in [3.8, 4) is 6.07 Å². The van der Waals surface area contributed by atoms with E-state index in [1.165, 1.54) is 7.11 Å². The Hall–Kier alpha value is -5.34. The van der Waals surface area contributed by atoms with E-state index in [1.807, 2.05) is 30.3 Å². The van der Waals surface area contributed by atoms with Gasteiger partial charge in [-0.25, -0.2) is 9.59 Å². The van der Waals surface area contributed by atoms with Gasteiger partial charge in [-0.3, -0.25) is 9.59 Å². The number of carbonyl (C=O) groups excluding carboxylic acids is 4. The maximum absolute atomic E-state index is 13.7. The summed E-state index contributed by atoms with van der Waals surface area (Å²) in [6.07, 6.45) is 0. The minimum atomic E-state index is -0.716. The van der Waals surface area contributed by atoms with Gasteiger partial charge in [-0.15, -0.1) is 0 Å². The fourth-order valence-electron chi connectivity index (χ4n) is 4.61. The number of nitrogens with zero attached hydrogens (tertiary/aromatic N) is 1. The van der Waals surface area contributed by atoms with Gasteiger partial charge in [-0.1, -0.05) is 54.2 Å². The van der Waals surface area contributed by atoms with Gasteiger partial charge in [0, 0.05) is 17.0 Å². The summed E-state index contributed by atoms with van der Waals surface area (Å²) in [5, 5.41) is 19.5. The van der Waals surface area contributed by atoms with Crippen molar-refractivity contribution in [2.24, 2.45) is 0 Å². The molecule has 0 saturated carbocycles. The Bertz CT molecular complexity index is 1680. The first kappa shape index (κ1) is 31.6. The van der Waals surface area contributed by atoms with Gasteiger partial charge >= 0.3 is 11.9 Å². The van der Waals surface area contributed by atoms with E-state index < -0.39 is 29.7 Å². The lowest BCUT2D eigenvalue weighted by molar-refractivity contribution is -0.114. The van der Waals surface area contributed by atoms with E-state index in [9.17, 15) is 24.4 Å². The highest BCUT2D eigenvalue weighted by Gasteiger charge is 2.35. The molecule has 4 rings (SSSR count). The number of nitriles is 1. The number of allylic oxidation sites excluding steroid dienone is 2. The third-order valence-corrected chi connectivity index (χ3v) is 7.65. The van der Waals surface area contributed by atoms with Gasteiger partial charge in [0.2, 0.25) is 5.91 Å². The van der Waals surface area contributed by atoms with Gasteiger partial charge < -0.3 is 25.4 Å². The van der Waals surface area contributed by atoms with Crippen molar-refractivity contribution >= 4 is 46.9 Å². The molecule has 1 atom stereocenters. The Morgan fingerprint density at radius 2 is 1.61 bits per heavy atom. The molecule has 0 spiro atoms. The zero-order chi connectivity index (χ0) is 31.6. The van der Waals surface area contributed by atoms with Gasteiger partial charge in [0.1, 0.15) is 0 Å². The molecular formula is C33H30N4O6S. The number of para-hydroxylation sites is 1. The predicted octanol–water partition coefficient (Wildman–Crippen LogP) is 5.36. The number of rotatable bonds is 10. The smallest absolute Gasteiger partial charge is 0.339 e. The third kappa shape index (κ3) is 7.35. The van der Waals surface area contributed by atoms with Crippen molar-refractivity contribution in [1.29, 1.82) is 5.26 Å². The summed E-state index contributed by atoms with van der Waals surface area (Å²) in [6, 6.07) is 24.2. The second-order valence-corrected chi connectivity index (χ2v) is 10.5. The number of esters is 2. The molecule has 0 radical (unpaired) electrons. The lowest BCUT2D eigenvalue weighted by Crippen LogP contribution is -2.31. The molecule has 0 fully saturated rings. The highest BCUT2D eigenvalue weighted by atomic mass is 32.2. The summed E-state index contributed by atoms with van der Waals surface area (Å²) < 4.78 is 9.81. The van der Waals surface area contributed by atoms with E-state index in [0.29, 0.717) is 33.2 Å². The number of nitrogens with one attached hydrogen (secondary N) is 3. The summed E-state index contributed by atoms with van der Waals surface area (Å²) in [4.78, 5) is 50.7. The summed E-state index contributed by atoms with van der Waals surface area (Å²) in [6.45, 7) is 3.71. The number of anilines is 2. The zero-order valence-electron chi connectivity index (χ0n) is 24.3. The molecule has 3 aromatic carbocycles. The molecule has 11 heteroatoms. The van der Waals surface area contributed by atoms with Crippen molar-refractivity contribution < 1.29 is 28.7 Å². The molecule has 2 amide bonds. The van der Waals surface area contributed by atoms with Crippen LogP contribution in [0.2, 0.25) is 0 Å². The molecule has 44 heavy (non-hydrogen) atoms. The lowest BCUT2D eigenvalue weighted by atomic mass is 9.82. The van der Waals surface area contributed by atoms with Crippen molar-refractivity contribution in [1.82, 2.24) is 5.32 Å². The van der Waals surface area contributed by atoms with Gasteiger partial charge in [0.25, 0.3) is 5.91 Å². The van der Waals surface area contributed by atoms with Crippen molar-refractivity contribution in [2.75, 3.05) is 30.1 Å². The first-order valence-corrected chi connectivity index (χ1v) is 14.6. The molecule has 3 N–H and O–H groups in total. The average molecular weight is 611 g/mol. The molecule has 0 bridgehead atoms. The second kappa shape index (κ2) is 14.7. The quantitative estimate of drug-likeness (QED) is 0.258. The number of thioether (sulfide) groups is 1. The number of ether oxygens (including phenoxy) is 2. The van der Waals surface area contributed by atoms with E-state index >= 15 is 0 Å². The van der Waals surface area contributed by atoms with Crippen molar-refractivity contribution in [2.45, 2.75) is 19.8 Å². The molecule has 10 nitrogen and oxygen atoms in total. The maximum Gasteiger partial charge on any atom is 0.339 e. The summed E-state index contributed by atoms with van der Waals surface area (Å²) >= 11 is 1.11. The number of hydrogen-bond acceptors (Lipinski definition) is 9. The normalized spacial score (nSPS) is 14.2. The highest BCUT2D eigenvalue weighted by molar-refractivity contribution is 8.03. The van der Waals surface area contributed by atoms with Crippen LogP contribution in [0.3, 0.4) is 0 Å². The molecule has 224 valence electrons. The summed E-state index contributed by atoms with van der Waals surface area (Å²) in [7, 11) is 1.26. The van der Waals surface area contributed by atoms with E-state index in [4.69, 9.17) is 9.47 Å². The third-order valence-electron chi connectivity index (χ3n) is 6.63. The van der Waals surface area contributed by atoms with E-state index in [1.54, 1.807) is 62.4 Å². The van der Waals surface area contributed by atoms with Crippen LogP contribution in [0, 0.1) is 11.3 Å².